The van der Waals surface area contributed by atoms with Crippen LogP contribution < -0.4 is 15.0 Å². The van der Waals surface area contributed by atoms with Gasteiger partial charge < -0.3 is 15.0 Å². The summed E-state index contributed by atoms with van der Waals surface area (Å²) in [6.07, 6.45) is 3.62. The Kier molecular flexibility index (Phi) is 2.93. The van der Waals surface area contributed by atoms with E-state index in [1.165, 1.54) is 0 Å². The van der Waals surface area contributed by atoms with E-state index in [1.54, 1.807) is 12.0 Å². The van der Waals surface area contributed by atoms with Crippen molar-refractivity contribution in [2.45, 2.75) is 31.7 Å². The van der Waals surface area contributed by atoms with Gasteiger partial charge in [-0.2, -0.15) is 0 Å². The Morgan fingerprint density at radius 2 is 2.09 bits per heavy atom. The van der Waals surface area contributed by atoms with E-state index in [-0.39, 0.29) is 17.2 Å². The van der Waals surface area contributed by atoms with Gasteiger partial charge in [-0.15, -0.1) is 0 Å². The van der Waals surface area contributed by atoms with E-state index in [9.17, 15) is 9.59 Å². The highest BCUT2D eigenvalue weighted by atomic mass is 16.5. The van der Waals surface area contributed by atoms with Crippen LogP contribution in [0, 0.1) is 11.3 Å². The number of carbonyl (C=O) groups excluding carboxylic acids is 2. The molecule has 1 aromatic carbocycles. The van der Waals surface area contributed by atoms with Gasteiger partial charge in [0.15, 0.2) is 0 Å². The molecule has 0 spiro atoms. The number of hydrogen-bond acceptors (Lipinski definition) is 3. The molecule has 4 rings (SSSR count). The summed E-state index contributed by atoms with van der Waals surface area (Å²) in [7, 11) is 1.60. The van der Waals surface area contributed by atoms with E-state index in [0.29, 0.717) is 18.2 Å². The molecule has 1 heterocycles. The minimum Gasteiger partial charge on any atom is -0.495 e. The topological polar surface area (TPSA) is 58.6 Å². The number of fused-ring (bicyclic) bond motifs is 1. The van der Waals surface area contributed by atoms with Crippen LogP contribution in [-0.2, 0) is 9.59 Å². The van der Waals surface area contributed by atoms with Gasteiger partial charge in [-0.05, 0) is 43.7 Å². The third-order valence-corrected chi connectivity index (χ3v) is 5.25. The zero-order valence-corrected chi connectivity index (χ0v) is 12.7. The summed E-state index contributed by atoms with van der Waals surface area (Å²) < 4.78 is 5.35. The van der Waals surface area contributed by atoms with Crippen LogP contribution in [0.2, 0.25) is 0 Å². The molecule has 116 valence electrons. The molecule has 1 aliphatic heterocycles. The van der Waals surface area contributed by atoms with Crippen LogP contribution in [-0.4, -0.2) is 31.5 Å². The fourth-order valence-corrected chi connectivity index (χ4v) is 3.48. The first-order valence-corrected chi connectivity index (χ1v) is 7.91. The Hall–Kier alpha value is -2.04. The molecule has 0 radical (unpaired) electrons. The van der Waals surface area contributed by atoms with Crippen molar-refractivity contribution in [1.29, 1.82) is 0 Å². The number of amides is 2. The number of anilines is 1. The smallest absolute Gasteiger partial charge is 0.249 e. The Balaban J connectivity index is 1.51. The van der Waals surface area contributed by atoms with E-state index in [4.69, 9.17) is 4.74 Å². The maximum Gasteiger partial charge on any atom is 0.249 e. The summed E-state index contributed by atoms with van der Waals surface area (Å²) >= 11 is 0. The molecule has 5 nitrogen and oxygen atoms in total. The maximum absolute atomic E-state index is 12.7. The Morgan fingerprint density at radius 3 is 2.77 bits per heavy atom. The second-order valence-electron chi connectivity index (χ2n) is 6.59. The lowest BCUT2D eigenvalue weighted by atomic mass is 10.0. The van der Waals surface area contributed by atoms with Crippen LogP contribution in [0.1, 0.15) is 25.7 Å². The summed E-state index contributed by atoms with van der Waals surface area (Å²) in [6.45, 7) is 0.666. The second-order valence-corrected chi connectivity index (χ2v) is 6.59. The van der Waals surface area contributed by atoms with Crippen molar-refractivity contribution in [2.24, 2.45) is 11.3 Å². The second kappa shape index (κ2) is 4.73. The summed E-state index contributed by atoms with van der Waals surface area (Å²) in [5.74, 6) is 1.33. The van der Waals surface area contributed by atoms with Crippen LogP contribution in [0.15, 0.2) is 24.3 Å². The minimum atomic E-state index is -0.401. The van der Waals surface area contributed by atoms with Crippen molar-refractivity contribution in [3.05, 3.63) is 24.3 Å². The number of carbonyl (C=O) groups is 2. The van der Waals surface area contributed by atoms with E-state index in [1.807, 2.05) is 24.3 Å². The molecule has 0 bridgehead atoms. The van der Waals surface area contributed by atoms with Gasteiger partial charge in [0, 0.05) is 6.54 Å². The number of methoxy groups -OCH3 is 1. The molecule has 3 fully saturated rings. The standard InChI is InChI=1S/C17H20N2O3/c1-22-14-7-3-2-6-13(14)19-8-4-5-12(15(19)20)18-16(21)17-9-11(17)10-17/h2-3,6-7,11-12H,4-5,8-10H2,1H3,(H,18,21). The van der Waals surface area contributed by atoms with Crippen LogP contribution in [0.4, 0.5) is 5.69 Å². The number of ether oxygens (including phenoxy) is 1. The first kappa shape index (κ1) is 13.6. The van der Waals surface area contributed by atoms with Gasteiger partial charge >= 0.3 is 0 Å². The number of piperidine rings is 1. The normalized spacial score (nSPS) is 32.2. The predicted molar refractivity (Wildman–Crippen MR) is 81.7 cm³/mol. The predicted octanol–water partition coefficient (Wildman–Crippen LogP) is 1.72. The number of hydrogen-bond donors (Lipinski definition) is 1. The first-order chi connectivity index (χ1) is 10.7. The average molecular weight is 300 g/mol. The quantitative estimate of drug-likeness (QED) is 0.921. The average Bonchev–Trinajstić information content (AvgIpc) is 3.39. The largest absolute Gasteiger partial charge is 0.495 e. The lowest BCUT2D eigenvalue weighted by Crippen LogP contribution is -2.53. The zero-order chi connectivity index (χ0) is 15.3. The molecule has 3 aliphatic rings. The summed E-state index contributed by atoms with van der Waals surface area (Å²) in [6, 6.07) is 7.11. The van der Waals surface area contributed by atoms with Crippen LogP contribution in [0.3, 0.4) is 0 Å². The molecule has 1 N–H and O–H groups in total. The minimum absolute atomic E-state index is 0.0293. The van der Waals surface area contributed by atoms with Crippen molar-refractivity contribution in [3.63, 3.8) is 0 Å². The molecule has 1 aromatic rings. The monoisotopic (exact) mass is 300 g/mol. The Labute approximate surface area is 129 Å². The van der Waals surface area contributed by atoms with Crippen LogP contribution in [0.5, 0.6) is 5.75 Å². The van der Waals surface area contributed by atoms with Gasteiger partial charge in [0.05, 0.1) is 18.2 Å². The highest BCUT2D eigenvalue weighted by Gasteiger charge is 2.74. The van der Waals surface area contributed by atoms with E-state index >= 15 is 0 Å². The maximum atomic E-state index is 12.7. The fourth-order valence-electron chi connectivity index (χ4n) is 3.48. The summed E-state index contributed by atoms with van der Waals surface area (Å²) in [4.78, 5) is 26.7. The first-order valence-electron chi connectivity index (χ1n) is 7.91. The fraction of sp³-hybridized carbons (Fsp3) is 0.529. The Morgan fingerprint density at radius 1 is 1.36 bits per heavy atom. The van der Waals surface area contributed by atoms with E-state index < -0.39 is 6.04 Å². The third kappa shape index (κ3) is 1.99. The lowest BCUT2D eigenvalue weighted by molar-refractivity contribution is -0.130. The van der Waals surface area contributed by atoms with Gasteiger partial charge in [-0.25, -0.2) is 0 Å². The van der Waals surface area contributed by atoms with Gasteiger partial charge in [0.2, 0.25) is 11.8 Å². The molecule has 0 aromatic heterocycles. The Bertz CT molecular complexity index is 637. The highest BCUT2D eigenvalue weighted by Crippen LogP contribution is 2.75. The van der Waals surface area contributed by atoms with Gasteiger partial charge in [0.1, 0.15) is 11.8 Å². The molecule has 1 atom stereocenters. The molecule has 2 aliphatic carbocycles. The number of rotatable bonds is 4. The molecule has 2 amide bonds. The van der Waals surface area contributed by atoms with Crippen LogP contribution >= 0.6 is 0 Å². The summed E-state index contributed by atoms with van der Waals surface area (Å²) in [5, 5.41) is 2.98. The van der Waals surface area contributed by atoms with Crippen molar-refractivity contribution < 1.29 is 14.3 Å². The highest BCUT2D eigenvalue weighted by molar-refractivity contribution is 6.02. The molecule has 5 heteroatoms. The molecule has 2 saturated carbocycles. The molecule has 1 unspecified atom stereocenters. The van der Waals surface area contributed by atoms with Gasteiger partial charge in [0.25, 0.3) is 0 Å². The molecular weight excluding hydrogens is 280 g/mol. The van der Waals surface area contributed by atoms with Crippen LogP contribution in [0.25, 0.3) is 0 Å². The van der Waals surface area contributed by atoms with Gasteiger partial charge in [-0.3, -0.25) is 9.59 Å². The van der Waals surface area contributed by atoms with Crippen molar-refractivity contribution in [3.8, 4) is 5.75 Å². The van der Waals surface area contributed by atoms with Crippen molar-refractivity contribution in [1.82, 2.24) is 5.32 Å². The SMILES string of the molecule is COc1ccccc1N1CCCC(NC(=O)C23CC2C3)C1=O. The van der Waals surface area contributed by atoms with Crippen molar-refractivity contribution >= 4 is 17.5 Å². The number of benzene rings is 1. The van der Waals surface area contributed by atoms with Gasteiger partial charge in [-0.1, -0.05) is 12.1 Å². The molecular formula is C17H20N2O3. The number of nitrogens with zero attached hydrogens (tertiary/aromatic N) is 1. The summed E-state index contributed by atoms with van der Waals surface area (Å²) in [5.41, 5.74) is 0.690. The van der Waals surface area contributed by atoms with Crippen molar-refractivity contribution in [2.75, 3.05) is 18.6 Å². The molecule has 22 heavy (non-hydrogen) atoms. The van der Waals surface area contributed by atoms with E-state index in [0.717, 1.165) is 31.4 Å². The third-order valence-electron chi connectivity index (χ3n) is 5.25. The number of nitrogens with one attached hydrogen (secondary N) is 1. The molecule has 1 saturated heterocycles. The van der Waals surface area contributed by atoms with E-state index in [2.05, 4.69) is 5.32 Å². The zero-order valence-electron chi connectivity index (χ0n) is 12.7. The number of para-hydroxylation sites is 2. The lowest BCUT2D eigenvalue weighted by Gasteiger charge is -2.33.